The van der Waals surface area contributed by atoms with Crippen molar-refractivity contribution in [3.05, 3.63) is 21.9 Å². The van der Waals surface area contributed by atoms with Crippen molar-refractivity contribution in [1.82, 2.24) is 0 Å². The van der Waals surface area contributed by atoms with Crippen molar-refractivity contribution in [2.45, 2.75) is 32.8 Å². The Bertz CT molecular complexity index is 404. The number of ether oxygens (including phenoxy) is 1. The first-order chi connectivity index (χ1) is 7.29. The summed E-state index contributed by atoms with van der Waals surface area (Å²) in [7, 11) is 0. The van der Waals surface area contributed by atoms with E-state index < -0.39 is 17.5 Å². The largest absolute Gasteiger partial charge is 0.456 e. The minimum atomic E-state index is -0.537. The molecule has 1 heterocycles. The molecule has 2 N–H and O–H groups in total. The molecule has 1 amide bonds. The third kappa shape index (κ3) is 3.66. The second-order valence-electron chi connectivity index (χ2n) is 4.42. The Labute approximate surface area is 98.4 Å². The van der Waals surface area contributed by atoms with E-state index in [9.17, 15) is 9.59 Å². The molecule has 0 aliphatic carbocycles. The first-order valence-corrected chi connectivity index (χ1v) is 5.75. The predicted molar refractivity (Wildman–Crippen MR) is 62.4 cm³/mol. The van der Waals surface area contributed by atoms with Crippen LogP contribution in [-0.2, 0) is 16.0 Å². The van der Waals surface area contributed by atoms with Crippen molar-refractivity contribution < 1.29 is 14.3 Å². The van der Waals surface area contributed by atoms with Gasteiger partial charge in [-0.2, -0.15) is 0 Å². The van der Waals surface area contributed by atoms with Crippen LogP contribution in [0.5, 0.6) is 0 Å². The standard InChI is InChI=1S/C11H15NO3S/c1-11(2,3)15-10(14)9-7(4-5-16-9)6-8(12)13/h4-5H,6H2,1-3H3,(H2,12,13). The van der Waals surface area contributed by atoms with Gasteiger partial charge in [0.15, 0.2) is 0 Å². The quantitative estimate of drug-likeness (QED) is 0.819. The van der Waals surface area contributed by atoms with E-state index >= 15 is 0 Å². The van der Waals surface area contributed by atoms with Crippen LogP contribution in [0.2, 0.25) is 0 Å². The van der Waals surface area contributed by atoms with E-state index in [0.717, 1.165) is 0 Å². The number of hydrogen-bond acceptors (Lipinski definition) is 4. The van der Waals surface area contributed by atoms with Crippen LogP contribution in [0.3, 0.4) is 0 Å². The van der Waals surface area contributed by atoms with Gasteiger partial charge in [-0.05, 0) is 37.8 Å². The van der Waals surface area contributed by atoms with Crippen molar-refractivity contribution in [3.8, 4) is 0 Å². The zero-order valence-electron chi connectivity index (χ0n) is 9.57. The van der Waals surface area contributed by atoms with Crippen LogP contribution in [-0.4, -0.2) is 17.5 Å². The highest BCUT2D eigenvalue weighted by Crippen LogP contribution is 2.21. The molecular weight excluding hydrogens is 226 g/mol. The van der Waals surface area contributed by atoms with Gasteiger partial charge in [0.1, 0.15) is 10.5 Å². The lowest BCUT2D eigenvalue weighted by Crippen LogP contribution is -2.24. The summed E-state index contributed by atoms with van der Waals surface area (Å²) in [5, 5.41) is 1.75. The summed E-state index contributed by atoms with van der Waals surface area (Å²) in [6.45, 7) is 5.39. The fraction of sp³-hybridized carbons (Fsp3) is 0.455. The normalized spacial score (nSPS) is 11.2. The SMILES string of the molecule is CC(C)(C)OC(=O)c1sccc1CC(N)=O. The van der Waals surface area contributed by atoms with Crippen molar-refractivity contribution in [3.63, 3.8) is 0 Å². The minimum absolute atomic E-state index is 0.0675. The summed E-state index contributed by atoms with van der Waals surface area (Å²) in [6.07, 6.45) is 0.0675. The minimum Gasteiger partial charge on any atom is -0.456 e. The second-order valence-corrected chi connectivity index (χ2v) is 5.34. The number of nitrogens with two attached hydrogens (primary N) is 1. The maximum atomic E-state index is 11.8. The lowest BCUT2D eigenvalue weighted by Gasteiger charge is -2.19. The van der Waals surface area contributed by atoms with E-state index in [0.29, 0.717) is 10.4 Å². The number of esters is 1. The van der Waals surface area contributed by atoms with Crippen LogP contribution < -0.4 is 5.73 Å². The highest BCUT2D eigenvalue weighted by atomic mass is 32.1. The fourth-order valence-electron chi connectivity index (χ4n) is 1.17. The van der Waals surface area contributed by atoms with Gasteiger partial charge in [0.25, 0.3) is 0 Å². The third-order valence-corrected chi connectivity index (χ3v) is 2.63. The summed E-state index contributed by atoms with van der Waals surface area (Å²) < 4.78 is 5.22. The number of thiophene rings is 1. The molecule has 4 nitrogen and oxygen atoms in total. The number of primary amides is 1. The van der Waals surface area contributed by atoms with Crippen molar-refractivity contribution in [1.29, 1.82) is 0 Å². The first kappa shape index (κ1) is 12.7. The number of amides is 1. The lowest BCUT2D eigenvalue weighted by atomic mass is 10.1. The maximum Gasteiger partial charge on any atom is 0.349 e. The maximum absolute atomic E-state index is 11.8. The molecule has 5 heteroatoms. The first-order valence-electron chi connectivity index (χ1n) is 4.87. The molecule has 0 unspecified atom stereocenters. The Morgan fingerprint density at radius 2 is 2.06 bits per heavy atom. The third-order valence-electron chi connectivity index (χ3n) is 1.70. The molecule has 0 saturated heterocycles. The van der Waals surface area contributed by atoms with Crippen LogP contribution >= 0.6 is 11.3 Å². The van der Waals surface area contributed by atoms with Crippen molar-refractivity contribution in [2.24, 2.45) is 5.73 Å². The Hall–Kier alpha value is -1.36. The molecule has 1 aromatic rings. The summed E-state index contributed by atoms with van der Waals surface area (Å²) >= 11 is 1.26. The summed E-state index contributed by atoms with van der Waals surface area (Å²) in [6, 6.07) is 1.72. The highest BCUT2D eigenvalue weighted by molar-refractivity contribution is 7.12. The van der Waals surface area contributed by atoms with Gasteiger partial charge in [-0.15, -0.1) is 11.3 Å². The molecule has 0 aliphatic heterocycles. The topological polar surface area (TPSA) is 69.4 Å². The molecule has 1 rings (SSSR count). The van der Waals surface area contributed by atoms with Gasteiger partial charge in [-0.25, -0.2) is 4.79 Å². The van der Waals surface area contributed by atoms with E-state index in [1.165, 1.54) is 11.3 Å². The van der Waals surface area contributed by atoms with E-state index in [4.69, 9.17) is 10.5 Å². The van der Waals surface area contributed by atoms with Gasteiger partial charge in [0, 0.05) is 0 Å². The Morgan fingerprint density at radius 3 is 2.56 bits per heavy atom. The molecule has 1 aromatic heterocycles. The Morgan fingerprint density at radius 1 is 1.44 bits per heavy atom. The van der Waals surface area contributed by atoms with E-state index in [1.807, 2.05) is 0 Å². The van der Waals surface area contributed by atoms with Crippen LogP contribution in [0.25, 0.3) is 0 Å². The molecule has 0 bridgehead atoms. The molecule has 0 atom stereocenters. The zero-order chi connectivity index (χ0) is 12.3. The summed E-state index contributed by atoms with van der Waals surface area (Å²) in [4.78, 5) is 23.0. The van der Waals surface area contributed by atoms with Crippen molar-refractivity contribution >= 4 is 23.2 Å². The monoisotopic (exact) mass is 241 g/mol. The predicted octanol–water partition coefficient (Wildman–Crippen LogP) is 1.73. The molecule has 0 saturated carbocycles. The van der Waals surface area contributed by atoms with Crippen LogP contribution in [0.1, 0.15) is 36.0 Å². The van der Waals surface area contributed by atoms with Gasteiger partial charge >= 0.3 is 5.97 Å². The second kappa shape index (κ2) is 4.65. The van der Waals surface area contributed by atoms with Gasteiger partial charge in [0.2, 0.25) is 5.91 Å². The molecule has 0 fully saturated rings. The van der Waals surface area contributed by atoms with E-state index in [-0.39, 0.29) is 6.42 Å². The number of rotatable bonds is 3. The highest BCUT2D eigenvalue weighted by Gasteiger charge is 2.21. The van der Waals surface area contributed by atoms with Gasteiger partial charge in [0.05, 0.1) is 6.42 Å². The van der Waals surface area contributed by atoms with Gasteiger partial charge in [-0.3, -0.25) is 4.79 Å². The van der Waals surface area contributed by atoms with Crippen LogP contribution in [0.4, 0.5) is 0 Å². The molecule has 16 heavy (non-hydrogen) atoms. The Kier molecular flexibility index (Phi) is 3.70. The molecule has 88 valence electrons. The Balaban J connectivity index is 2.84. The number of carbonyl (C=O) groups excluding carboxylic acids is 2. The average Bonchev–Trinajstić information content (AvgIpc) is 2.47. The van der Waals surface area contributed by atoms with E-state index in [1.54, 1.807) is 32.2 Å². The van der Waals surface area contributed by atoms with Crippen LogP contribution in [0, 0.1) is 0 Å². The average molecular weight is 241 g/mol. The number of carbonyl (C=O) groups is 2. The molecule has 0 aliphatic rings. The molecule has 0 aromatic carbocycles. The summed E-state index contributed by atoms with van der Waals surface area (Å²) in [5.41, 5.74) is 5.19. The zero-order valence-corrected chi connectivity index (χ0v) is 10.4. The molecule has 0 radical (unpaired) electrons. The molecule has 0 spiro atoms. The van der Waals surface area contributed by atoms with Gasteiger partial charge in [-0.1, -0.05) is 0 Å². The fourth-order valence-corrected chi connectivity index (χ4v) is 1.96. The number of hydrogen-bond donors (Lipinski definition) is 1. The van der Waals surface area contributed by atoms with Crippen molar-refractivity contribution in [2.75, 3.05) is 0 Å². The van der Waals surface area contributed by atoms with Crippen LogP contribution in [0.15, 0.2) is 11.4 Å². The molecular formula is C11H15NO3S. The summed E-state index contributed by atoms with van der Waals surface area (Å²) in [5.74, 6) is -0.859. The lowest BCUT2D eigenvalue weighted by molar-refractivity contribution is -0.117. The van der Waals surface area contributed by atoms with Gasteiger partial charge < -0.3 is 10.5 Å². The smallest absolute Gasteiger partial charge is 0.349 e. The van der Waals surface area contributed by atoms with E-state index in [2.05, 4.69) is 0 Å².